The molecule has 0 aliphatic carbocycles. The van der Waals surface area contributed by atoms with E-state index in [1.165, 1.54) is 0 Å². The first kappa shape index (κ1) is 12.0. The van der Waals surface area contributed by atoms with Crippen LogP contribution in [-0.4, -0.2) is 36.0 Å². The van der Waals surface area contributed by atoms with Gasteiger partial charge in [-0.3, -0.25) is 0 Å². The van der Waals surface area contributed by atoms with Crippen LogP contribution in [0.15, 0.2) is 0 Å². The highest BCUT2D eigenvalue weighted by molar-refractivity contribution is 4.90. The van der Waals surface area contributed by atoms with Gasteiger partial charge in [0, 0.05) is 18.7 Å². The van der Waals surface area contributed by atoms with Crippen molar-refractivity contribution in [2.45, 2.75) is 51.2 Å². The quantitative estimate of drug-likeness (QED) is 0.704. The van der Waals surface area contributed by atoms with Gasteiger partial charge < -0.3 is 15.2 Å². The number of rotatable bonds is 5. The molecule has 1 unspecified atom stereocenters. The summed E-state index contributed by atoms with van der Waals surface area (Å²) in [4.78, 5) is 0. The maximum atomic E-state index is 10.1. The Bertz CT molecular complexity index is 168. The van der Waals surface area contributed by atoms with Gasteiger partial charge in [0.05, 0.1) is 12.2 Å². The molecule has 0 aromatic rings. The molecule has 0 saturated carbocycles. The van der Waals surface area contributed by atoms with Crippen molar-refractivity contribution in [2.24, 2.45) is 0 Å². The number of aliphatic hydroxyl groups is 1. The molecule has 0 spiro atoms. The highest BCUT2D eigenvalue weighted by atomic mass is 16.5. The van der Waals surface area contributed by atoms with Gasteiger partial charge >= 0.3 is 0 Å². The van der Waals surface area contributed by atoms with E-state index in [0.717, 1.165) is 32.5 Å². The fraction of sp³-hybridized carbons (Fsp3) is 1.00. The minimum Gasteiger partial charge on any atom is -0.389 e. The summed E-state index contributed by atoms with van der Waals surface area (Å²) in [5, 5.41) is 13.5. The van der Waals surface area contributed by atoms with Crippen LogP contribution in [0.25, 0.3) is 0 Å². The normalized spacial score (nSPS) is 28.3. The van der Waals surface area contributed by atoms with E-state index >= 15 is 0 Å². The first-order valence-electron chi connectivity index (χ1n) is 5.59. The molecule has 1 fully saturated rings. The largest absolute Gasteiger partial charge is 0.389 e. The second kappa shape index (κ2) is 4.60. The second-order valence-corrected chi connectivity index (χ2v) is 4.65. The van der Waals surface area contributed by atoms with Gasteiger partial charge in [0.15, 0.2) is 0 Å². The molecule has 1 heterocycles. The van der Waals surface area contributed by atoms with Crippen LogP contribution in [0.1, 0.15) is 40.0 Å². The highest BCUT2D eigenvalue weighted by Crippen LogP contribution is 2.20. The molecule has 1 rings (SSSR count). The van der Waals surface area contributed by atoms with E-state index in [0.29, 0.717) is 6.54 Å². The van der Waals surface area contributed by atoms with E-state index < -0.39 is 5.60 Å². The van der Waals surface area contributed by atoms with Gasteiger partial charge in [-0.2, -0.15) is 0 Å². The van der Waals surface area contributed by atoms with Gasteiger partial charge in [-0.25, -0.2) is 0 Å². The van der Waals surface area contributed by atoms with Crippen molar-refractivity contribution in [3.05, 3.63) is 0 Å². The lowest BCUT2D eigenvalue weighted by Crippen LogP contribution is -2.50. The first-order chi connectivity index (χ1) is 6.54. The summed E-state index contributed by atoms with van der Waals surface area (Å²) in [6.45, 7) is 8.47. The lowest BCUT2D eigenvalue weighted by molar-refractivity contribution is 0.0240. The van der Waals surface area contributed by atoms with Crippen molar-refractivity contribution < 1.29 is 9.84 Å². The van der Waals surface area contributed by atoms with Crippen molar-refractivity contribution in [1.82, 2.24) is 5.32 Å². The predicted molar refractivity (Wildman–Crippen MR) is 57.4 cm³/mol. The van der Waals surface area contributed by atoms with Crippen LogP contribution in [0.2, 0.25) is 0 Å². The van der Waals surface area contributed by atoms with Gasteiger partial charge in [0.1, 0.15) is 0 Å². The van der Waals surface area contributed by atoms with Crippen LogP contribution in [0.4, 0.5) is 0 Å². The van der Waals surface area contributed by atoms with E-state index in [2.05, 4.69) is 12.2 Å². The van der Waals surface area contributed by atoms with Crippen molar-refractivity contribution in [2.75, 3.05) is 19.8 Å². The Morgan fingerprint density at radius 3 is 2.50 bits per heavy atom. The Labute approximate surface area is 86.8 Å². The van der Waals surface area contributed by atoms with Gasteiger partial charge in [-0.15, -0.1) is 0 Å². The second-order valence-electron chi connectivity index (χ2n) is 4.65. The number of ether oxygens (including phenoxy) is 1. The summed E-state index contributed by atoms with van der Waals surface area (Å²) < 4.78 is 5.35. The van der Waals surface area contributed by atoms with Crippen molar-refractivity contribution in [3.8, 4) is 0 Å². The van der Waals surface area contributed by atoms with Gasteiger partial charge in [0.2, 0.25) is 0 Å². The molecule has 1 aliphatic heterocycles. The molecule has 0 radical (unpaired) electrons. The van der Waals surface area contributed by atoms with Crippen molar-refractivity contribution in [1.29, 1.82) is 0 Å². The molecule has 0 aromatic carbocycles. The lowest BCUT2D eigenvalue weighted by Gasteiger charge is -2.31. The molecule has 1 atom stereocenters. The minimum absolute atomic E-state index is 0.0678. The Balaban J connectivity index is 2.38. The van der Waals surface area contributed by atoms with Crippen LogP contribution >= 0.6 is 0 Å². The molecule has 3 heteroatoms. The Morgan fingerprint density at radius 2 is 2.07 bits per heavy atom. The highest BCUT2D eigenvalue weighted by Gasteiger charge is 2.32. The molecule has 2 N–H and O–H groups in total. The summed E-state index contributed by atoms with van der Waals surface area (Å²) in [7, 11) is 0. The molecule has 0 bridgehead atoms. The van der Waals surface area contributed by atoms with Gasteiger partial charge in [0.25, 0.3) is 0 Å². The fourth-order valence-corrected chi connectivity index (χ4v) is 1.68. The number of β-amino-alcohol motifs (C(OH)–C–C–N with tert-alkyl or cyclic N) is 1. The van der Waals surface area contributed by atoms with Crippen LogP contribution in [0.3, 0.4) is 0 Å². The average molecular weight is 201 g/mol. The molecular weight excluding hydrogens is 178 g/mol. The zero-order valence-electron chi connectivity index (χ0n) is 9.60. The van der Waals surface area contributed by atoms with Crippen molar-refractivity contribution in [3.63, 3.8) is 0 Å². The molecule has 84 valence electrons. The summed E-state index contributed by atoms with van der Waals surface area (Å²) in [6.07, 6.45) is 2.64. The number of hydrogen-bond donors (Lipinski definition) is 2. The molecular formula is C11H23NO2. The van der Waals surface area contributed by atoms with Crippen LogP contribution < -0.4 is 5.32 Å². The maximum Gasteiger partial charge on any atom is 0.0766 e. The minimum atomic E-state index is -0.550. The third-order valence-corrected chi connectivity index (χ3v) is 3.38. The predicted octanol–water partition coefficient (Wildman–Crippen LogP) is 1.31. The summed E-state index contributed by atoms with van der Waals surface area (Å²) >= 11 is 0. The SMILES string of the molecule is CCC(O)(CC)CNC1(C)CCOC1. The van der Waals surface area contributed by atoms with E-state index in [1.807, 2.05) is 13.8 Å². The van der Waals surface area contributed by atoms with E-state index in [9.17, 15) is 5.11 Å². The van der Waals surface area contributed by atoms with E-state index in [4.69, 9.17) is 4.74 Å². The van der Waals surface area contributed by atoms with Crippen LogP contribution in [0, 0.1) is 0 Å². The molecule has 0 aromatic heterocycles. The molecule has 14 heavy (non-hydrogen) atoms. The third kappa shape index (κ3) is 2.94. The smallest absolute Gasteiger partial charge is 0.0766 e. The molecule has 0 amide bonds. The summed E-state index contributed by atoms with van der Waals surface area (Å²) in [5.41, 5.74) is -0.482. The van der Waals surface area contributed by atoms with E-state index in [-0.39, 0.29) is 5.54 Å². The monoisotopic (exact) mass is 201 g/mol. The Kier molecular flexibility index (Phi) is 3.93. The van der Waals surface area contributed by atoms with Gasteiger partial charge in [-0.1, -0.05) is 13.8 Å². The maximum absolute atomic E-state index is 10.1. The molecule has 1 aliphatic rings. The van der Waals surface area contributed by atoms with Gasteiger partial charge in [-0.05, 0) is 26.2 Å². The number of nitrogens with one attached hydrogen (secondary N) is 1. The summed E-state index contributed by atoms with van der Waals surface area (Å²) in [5.74, 6) is 0. The standard InChI is InChI=1S/C11H23NO2/c1-4-11(13,5-2)8-12-10(3)6-7-14-9-10/h12-13H,4-9H2,1-3H3. The Hall–Kier alpha value is -0.120. The van der Waals surface area contributed by atoms with Crippen LogP contribution in [-0.2, 0) is 4.74 Å². The molecule has 3 nitrogen and oxygen atoms in total. The van der Waals surface area contributed by atoms with Crippen molar-refractivity contribution >= 4 is 0 Å². The zero-order chi connectivity index (χ0) is 10.7. The van der Waals surface area contributed by atoms with Crippen LogP contribution in [0.5, 0.6) is 0 Å². The Morgan fingerprint density at radius 1 is 1.43 bits per heavy atom. The summed E-state index contributed by atoms with van der Waals surface area (Å²) in [6, 6.07) is 0. The zero-order valence-corrected chi connectivity index (χ0v) is 9.60. The first-order valence-corrected chi connectivity index (χ1v) is 5.59. The molecule has 1 saturated heterocycles. The average Bonchev–Trinajstić information content (AvgIpc) is 2.63. The number of hydrogen-bond acceptors (Lipinski definition) is 3. The van der Waals surface area contributed by atoms with E-state index in [1.54, 1.807) is 0 Å². The topological polar surface area (TPSA) is 41.5 Å². The lowest BCUT2D eigenvalue weighted by atomic mass is 9.94. The fourth-order valence-electron chi connectivity index (χ4n) is 1.68. The third-order valence-electron chi connectivity index (χ3n) is 3.38.